The lowest BCUT2D eigenvalue weighted by molar-refractivity contribution is -0.140. The SMILES string of the molecule is Cc1ccc2nc(Br)n(CC(F)(F)F)c2c1. The van der Waals surface area contributed by atoms with Gasteiger partial charge in [0.05, 0.1) is 11.0 Å². The number of aromatic nitrogens is 2. The van der Waals surface area contributed by atoms with Gasteiger partial charge >= 0.3 is 6.18 Å². The maximum atomic E-state index is 12.4. The van der Waals surface area contributed by atoms with Gasteiger partial charge in [-0.15, -0.1) is 0 Å². The maximum Gasteiger partial charge on any atom is 0.406 e. The third-order valence-electron chi connectivity index (χ3n) is 2.19. The van der Waals surface area contributed by atoms with Gasteiger partial charge in [0.15, 0.2) is 4.73 Å². The van der Waals surface area contributed by atoms with Crippen molar-refractivity contribution < 1.29 is 13.2 Å². The molecule has 86 valence electrons. The molecule has 2 nitrogen and oxygen atoms in total. The summed E-state index contributed by atoms with van der Waals surface area (Å²) >= 11 is 3.04. The summed E-state index contributed by atoms with van der Waals surface area (Å²) in [5, 5.41) is 0. The van der Waals surface area contributed by atoms with Crippen LogP contribution in [0.25, 0.3) is 11.0 Å². The molecule has 0 saturated carbocycles. The summed E-state index contributed by atoms with van der Waals surface area (Å²) in [6.45, 7) is 0.797. The van der Waals surface area contributed by atoms with Crippen LogP contribution in [0.2, 0.25) is 0 Å². The van der Waals surface area contributed by atoms with Gasteiger partial charge in [-0.05, 0) is 40.5 Å². The van der Waals surface area contributed by atoms with Gasteiger partial charge in [-0.3, -0.25) is 0 Å². The Balaban J connectivity index is 2.58. The van der Waals surface area contributed by atoms with E-state index in [2.05, 4.69) is 20.9 Å². The number of nitrogens with zero attached hydrogens (tertiary/aromatic N) is 2. The molecule has 2 rings (SSSR count). The molecule has 0 bridgehead atoms. The summed E-state index contributed by atoms with van der Waals surface area (Å²) in [6.07, 6.45) is -4.25. The summed E-state index contributed by atoms with van der Waals surface area (Å²) in [4.78, 5) is 4.02. The van der Waals surface area contributed by atoms with E-state index < -0.39 is 12.7 Å². The van der Waals surface area contributed by atoms with Gasteiger partial charge in [-0.25, -0.2) is 4.98 Å². The minimum absolute atomic E-state index is 0.199. The van der Waals surface area contributed by atoms with Crippen molar-refractivity contribution in [3.63, 3.8) is 0 Å². The van der Waals surface area contributed by atoms with Crippen LogP contribution in [-0.4, -0.2) is 15.7 Å². The summed E-state index contributed by atoms with van der Waals surface area (Å²) in [5.74, 6) is 0. The lowest BCUT2D eigenvalue weighted by atomic mass is 10.2. The summed E-state index contributed by atoms with van der Waals surface area (Å²) in [7, 11) is 0. The van der Waals surface area contributed by atoms with E-state index in [9.17, 15) is 13.2 Å². The molecular weight excluding hydrogens is 285 g/mol. The number of benzene rings is 1. The molecule has 0 spiro atoms. The molecule has 16 heavy (non-hydrogen) atoms. The van der Waals surface area contributed by atoms with Crippen molar-refractivity contribution in [1.29, 1.82) is 0 Å². The van der Waals surface area contributed by atoms with Crippen LogP contribution >= 0.6 is 15.9 Å². The monoisotopic (exact) mass is 292 g/mol. The molecule has 0 N–H and O–H groups in total. The first kappa shape index (κ1) is 11.4. The summed E-state index contributed by atoms with van der Waals surface area (Å²) < 4.78 is 38.4. The molecule has 0 aliphatic heterocycles. The normalized spacial score (nSPS) is 12.3. The van der Waals surface area contributed by atoms with Crippen molar-refractivity contribution >= 4 is 27.0 Å². The van der Waals surface area contributed by atoms with Crippen LogP contribution in [0.3, 0.4) is 0 Å². The average molecular weight is 293 g/mol. The first-order valence-corrected chi connectivity index (χ1v) is 5.35. The molecule has 0 atom stereocenters. The molecule has 0 fully saturated rings. The molecule has 0 radical (unpaired) electrons. The summed E-state index contributed by atoms with van der Waals surface area (Å²) in [5.41, 5.74) is 1.95. The molecule has 2 aromatic rings. The van der Waals surface area contributed by atoms with E-state index in [0.29, 0.717) is 11.0 Å². The zero-order chi connectivity index (χ0) is 11.9. The average Bonchev–Trinajstić information content (AvgIpc) is 2.42. The van der Waals surface area contributed by atoms with E-state index in [-0.39, 0.29) is 4.73 Å². The Bertz CT molecular complexity index is 531. The summed E-state index contributed by atoms with van der Waals surface area (Å²) in [6, 6.07) is 5.22. The van der Waals surface area contributed by atoms with E-state index in [1.54, 1.807) is 12.1 Å². The molecule has 1 aromatic carbocycles. The van der Waals surface area contributed by atoms with Crippen molar-refractivity contribution in [2.45, 2.75) is 19.6 Å². The number of hydrogen-bond donors (Lipinski definition) is 0. The van der Waals surface area contributed by atoms with Gasteiger partial charge in [0.25, 0.3) is 0 Å². The second kappa shape index (κ2) is 3.76. The number of hydrogen-bond acceptors (Lipinski definition) is 1. The van der Waals surface area contributed by atoms with Crippen LogP contribution in [0.15, 0.2) is 22.9 Å². The van der Waals surface area contributed by atoms with Crippen molar-refractivity contribution in [2.75, 3.05) is 0 Å². The molecule has 0 aliphatic rings. The highest BCUT2D eigenvalue weighted by Gasteiger charge is 2.29. The number of imidazole rings is 1. The standard InChI is InChI=1S/C10H8BrF3N2/c1-6-2-3-7-8(4-6)16(9(11)15-7)5-10(12,13)14/h2-4H,5H2,1H3. The quantitative estimate of drug-likeness (QED) is 0.784. The number of rotatable bonds is 1. The molecule has 1 aromatic heterocycles. The van der Waals surface area contributed by atoms with Gasteiger partial charge < -0.3 is 4.57 Å². The van der Waals surface area contributed by atoms with Crippen LogP contribution in [0.4, 0.5) is 13.2 Å². The van der Waals surface area contributed by atoms with E-state index in [0.717, 1.165) is 10.1 Å². The second-order valence-corrected chi connectivity index (χ2v) is 4.28. The zero-order valence-corrected chi connectivity index (χ0v) is 9.93. The van der Waals surface area contributed by atoms with Crippen molar-refractivity contribution in [3.8, 4) is 0 Å². The highest BCUT2D eigenvalue weighted by molar-refractivity contribution is 9.10. The first-order chi connectivity index (χ1) is 7.37. The third-order valence-corrected chi connectivity index (χ3v) is 2.80. The molecule has 0 amide bonds. The van der Waals surface area contributed by atoms with Crippen molar-refractivity contribution in [2.24, 2.45) is 0 Å². The number of fused-ring (bicyclic) bond motifs is 1. The van der Waals surface area contributed by atoms with E-state index in [4.69, 9.17) is 0 Å². The van der Waals surface area contributed by atoms with E-state index >= 15 is 0 Å². The Morgan fingerprint density at radius 3 is 2.69 bits per heavy atom. The van der Waals surface area contributed by atoms with Gasteiger partial charge in [0, 0.05) is 0 Å². The molecular formula is C10H8BrF3N2. The van der Waals surface area contributed by atoms with Gasteiger partial charge in [-0.1, -0.05) is 6.07 Å². The van der Waals surface area contributed by atoms with E-state index in [1.807, 2.05) is 13.0 Å². The molecule has 0 saturated heterocycles. The fourth-order valence-electron chi connectivity index (χ4n) is 1.53. The number of aryl methyl sites for hydroxylation is 1. The molecule has 0 aliphatic carbocycles. The predicted octanol–water partition coefficient (Wildman–Crippen LogP) is 3.67. The van der Waals surface area contributed by atoms with E-state index in [1.165, 1.54) is 0 Å². The van der Waals surface area contributed by atoms with Crippen LogP contribution in [-0.2, 0) is 6.54 Å². The van der Waals surface area contributed by atoms with Crippen LogP contribution in [0.5, 0.6) is 0 Å². The largest absolute Gasteiger partial charge is 0.406 e. The van der Waals surface area contributed by atoms with Crippen LogP contribution in [0.1, 0.15) is 5.56 Å². The first-order valence-electron chi connectivity index (χ1n) is 4.56. The molecule has 0 unspecified atom stereocenters. The van der Waals surface area contributed by atoms with Crippen LogP contribution in [0, 0.1) is 6.92 Å². The Morgan fingerprint density at radius 2 is 2.06 bits per heavy atom. The van der Waals surface area contributed by atoms with Crippen molar-refractivity contribution in [1.82, 2.24) is 9.55 Å². The minimum atomic E-state index is -4.25. The molecule has 1 heterocycles. The lowest BCUT2D eigenvalue weighted by Gasteiger charge is -2.09. The Labute approximate surface area is 98.2 Å². The molecule has 6 heteroatoms. The van der Waals surface area contributed by atoms with Gasteiger partial charge in [0.2, 0.25) is 0 Å². The van der Waals surface area contributed by atoms with Gasteiger partial charge in [-0.2, -0.15) is 13.2 Å². The number of halogens is 4. The van der Waals surface area contributed by atoms with Crippen molar-refractivity contribution in [3.05, 3.63) is 28.5 Å². The topological polar surface area (TPSA) is 17.8 Å². The number of alkyl halides is 3. The highest BCUT2D eigenvalue weighted by Crippen LogP contribution is 2.26. The van der Waals surface area contributed by atoms with Gasteiger partial charge in [0.1, 0.15) is 6.54 Å². The fourth-order valence-corrected chi connectivity index (χ4v) is 2.04. The second-order valence-electron chi connectivity index (χ2n) is 3.57. The zero-order valence-electron chi connectivity index (χ0n) is 8.35. The lowest BCUT2D eigenvalue weighted by Crippen LogP contribution is -2.17. The van der Waals surface area contributed by atoms with Crippen LogP contribution < -0.4 is 0 Å². The predicted molar refractivity (Wildman–Crippen MR) is 58.2 cm³/mol. The Kier molecular flexibility index (Phi) is 2.69. The maximum absolute atomic E-state index is 12.4. The highest BCUT2D eigenvalue weighted by atomic mass is 79.9. The Hall–Kier alpha value is -1.04. The third kappa shape index (κ3) is 2.21. The fraction of sp³-hybridized carbons (Fsp3) is 0.300. The minimum Gasteiger partial charge on any atom is -0.309 e. The Morgan fingerprint density at radius 1 is 1.38 bits per heavy atom. The smallest absolute Gasteiger partial charge is 0.309 e.